The zero-order chi connectivity index (χ0) is 13.0. The molecule has 0 bridgehead atoms. The van der Waals surface area contributed by atoms with Crippen molar-refractivity contribution in [2.75, 3.05) is 20.3 Å². The predicted octanol–water partition coefficient (Wildman–Crippen LogP) is 1.53. The maximum Gasteiger partial charge on any atom is 0.321 e. The molecule has 1 heterocycles. The van der Waals surface area contributed by atoms with E-state index in [1.54, 1.807) is 7.11 Å². The molecule has 1 aliphatic heterocycles. The fourth-order valence-corrected chi connectivity index (χ4v) is 2.47. The molecule has 1 N–H and O–H groups in total. The largest absolute Gasteiger partial charge is 0.480 e. The first kappa shape index (κ1) is 13.1. The van der Waals surface area contributed by atoms with Gasteiger partial charge in [0.15, 0.2) is 0 Å². The van der Waals surface area contributed by atoms with Crippen molar-refractivity contribution in [3.63, 3.8) is 0 Å². The minimum absolute atomic E-state index is 0.406. The molecule has 1 aromatic carbocycles. The van der Waals surface area contributed by atoms with E-state index in [-0.39, 0.29) is 0 Å². The van der Waals surface area contributed by atoms with Crippen molar-refractivity contribution in [2.45, 2.75) is 25.4 Å². The zero-order valence-electron chi connectivity index (χ0n) is 10.6. The summed E-state index contributed by atoms with van der Waals surface area (Å²) in [6.45, 7) is 2.15. The number of carboxylic acid groups (broad SMARTS) is 1. The number of aliphatic carboxylic acids is 1. The predicted molar refractivity (Wildman–Crippen MR) is 68.5 cm³/mol. The van der Waals surface area contributed by atoms with E-state index in [1.807, 2.05) is 23.1 Å². The Hall–Kier alpha value is -1.39. The van der Waals surface area contributed by atoms with Crippen molar-refractivity contribution in [1.82, 2.24) is 4.90 Å². The molecule has 0 radical (unpaired) electrons. The van der Waals surface area contributed by atoms with E-state index in [1.165, 1.54) is 5.56 Å². The average Bonchev–Trinajstić information content (AvgIpc) is 2.38. The van der Waals surface area contributed by atoms with Crippen LogP contribution in [0.1, 0.15) is 17.5 Å². The smallest absolute Gasteiger partial charge is 0.321 e. The molecular weight excluding hydrogens is 230 g/mol. The Morgan fingerprint density at radius 2 is 2.17 bits per heavy atom. The first-order valence-electron chi connectivity index (χ1n) is 6.25. The van der Waals surface area contributed by atoms with Crippen LogP contribution >= 0.6 is 0 Å². The summed E-state index contributed by atoms with van der Waals surface area (Å²) in [4.78, 5) is 13.4. The molecule has 1 atom stereocenters. The standard InChI is InChI=1S/C14H19NO3/c1-18-8-4-7-15-10-12-6-3-2-5-11(12)9-13(15)14(16)17/h2-3,5-6,13H,4,7-10H2,1H3,(H,16,17). The Morgan fingerprint density at radius 3 is 2.83 bits per heavy atom. The van der Waals surface area contributed by atoms with Gasteiger partial charge < -0.3 is 9.84 Å². The van der Waals surface area contributed by atoms with Gasteiger partial charge in [0.25, 0.3) is 0 Å². The van der Waals surface area contributed by atoms with Crippen molar-refractivity contribution >= 4 is 5.97 Å². The third kappa shape index (κ3) is 2.89. The minimum atomic E-state index is -0.734. The first-order chi connectivity index (χ1) is 8.72. The Bertz CT molecular complexity index is 419. The molecule has 1 aliphatic rings. The molecule has 0 amide bonds. The molecule has 0 saturated carbocycles. The van der Waals surface area contributed by atoms with Crippen LogP contribution in [0.15, 0.2) is 24.3 Å². The van der Waals surface area contributed by atoms with Crippen molar-refractivity contribution in [2.24, 2.45) is 0 Å². The third-order valence-corrected chi connectivity index (χ3v) is 3.42. The fourth-order valence-electron chi connectivity index (χ4n) is 2.47. The van der Waals surface area contributed by atoms with Crippen LogP contribution in [0.3, 0.4) is 0 Å². The molecule has 18 heavy (non-hydrogen) atoms. The quantitative estimate of drug-likeness (QED) is 0.804. The van der Waals surface area contributed by atoms with Gasteiger partial charge in [-0.3, -0.25) is 9.69 Å². The molecule has 2 rings (SSSR count). The molecule has 4 heteroatoms. The molecular formula is C14H19NO3. The van der Waals surface area contributed by atoms with Gasteiger partial charge in [0.2, 0.25) is 0 Å². The number of fused-ring (bicyclic) bond motifs is 1. The number of benzene rings is 1. The van der Waals surface area contributed by atoms with Gasteiger partial charge in [-0.15, -0.1) is 0 Å². The summed E-state index contributed by atoms with van der Waals surface area (Å²) in [7, 11) is 1.67. The molecule has 1 aromatic rings. The summed E-state index contributed by atoms with van der Waals surface area (Å²) in [5.41, 5.74) is 2.40. The molecule has 0 aromatic heterocycles. The lowest BCUT2D eigenvalue weighted by Crippen LogP contribution is -2.46. The maximum absolute atomic E-state index is 11.3. The minimum Gasteiger partial charge on any atom is -0.480 e. The van der Waals surface area contributed by atoms with E-state index < -0.39 is 12.0 Å². The Kier molecular flexibility index (Phi) is 4.33. The van der Waals surface area contributed by atoms with E-state index >= 15 is 0 Å². The topological polar surface area (TPSA) is 49.8 Å². The monoisotopic (exact) mass is 249 g/mol. The van der Waals surface area contributed by atoms with Crippen molar-refractivity contribution in [3.8, 4) is 0 Å². The van der Waals surface area contributed by atoms with Gasteiger partial charge in [0, 0.05) is 26.8 Å². The van der Waals surface area contributed by atoms with Gasteiger partial charge in [0.05, 0.1) is 0 Å². The lowest BCUT2D eigenvalue weighted by atomic mass is 9.94. The van der Waals surface area contributed by atoms with Gasteiger partial charge in [-0.2, -0.15) is 0 Å². The highest BCUT2D eigenvalue weighted by Gasteiger charge is 2.30. The zero-order valence-corrected chi connectivity index (χ0v) is 10.6. The van der Waals surface area contributed by atoms with Crippen LogP contribution in [-0.2, 0) is 22.5 Å². The molecule has 0 fully saturated rings. The summed E-state index contributed by atoms with van der Waals surface area (Å²) < 4.78 is 5.02. The van der Waals surface area contributed by atoms with Gasteiger partial charge >= 0.3 is 5.97 Å². The van der Waals surface area contributed by atoms with Crippen molar-refractivity contribution < 1.29 is 14.6 Å². The molecule has 4 nitrogen and oxygen atoms in total. The number of nitrogens with zero attached hydrogens (tertiary/aromatic N) is 1. The molecule has 0 saturated heterocycles. The van der Waals surface area contributed by atoms with Crippen molar-refractivity contribution in [3.05, 3.63) is 35.4 Å². The van der Waals surface area contributed by atoms with Crippen LogP contribution in [0, 0.1) is 0 Å². The lowest BCUT2D eigenvalue weighted by Gasteiger charge is -2.34. The summed E-state index contributed by atoms with van der Waals surface area (Å²) in [6, 6.07) is 7.68. The van der Waals surface area contributed by atoms with E-state index in [0.29, 0.717) is 13.0 Å². The van der Waals surface area contributed by atoms with Crippen LogP contribution in [0.5, 0.6) is 0 Å². The first-order valence-corrected chi connectivity index (χ1v) is 6.25. The summed E-state index contributed by atoms with van der Waals surface area (Å²) in [5, 5.41) is 9.32. The van der Waals surface area contributed by atoms with Gasteiger partial charge in [-0.25, -0.2) is 0 Å². The number of carbonyl (C=O) groups is 1. The molecule has 0 spiro atoms. The second-order valence-corrected chi connectivity index (χ2v) is 4.64. The second-order valence-electron chi connectivity index (χ2n) is 4.64. The van der Waals surface area contributed by atoms with Crippen LogP contribution in [0.25, 0.3) is 0 Å². The molecule has 0 aliphatic carbocycles. The SMILES string of the molecule is COCCCN1Cc2ccccc2CC1C(=O)O. The van der Waals surface area contributed by atoms with Crippen LogP contribution in [-0.4, -0.2) is 42.3 Å². The second kappa shape index (κ2) is 5.98. The van der Waals surface area contributed by atoms with E-state index in [2.05, 4.69) is 6.07 Å². The molecule has 98 valence electrons. The number of methoxy groups -OCH3 is 1. The van der Waals surface area contributed by atoms with Crippen LogP contribution in [0.2, 0.25) is 0 Å². The Balaban J connectivity index is 2.10. The Labute approximate surface area is 107 Å². The lowest BCUT2D eigenvalue weighted by molar-refractivity contribution is -0.144. The van der Waals surface area contributed by atoms with E-state index in [9.17, 15) is 9.90 Å². The summed E-state index contributed by atoms with van der Waals surface area (Å²) in [6.07, 6.45) is 1.46. The van der Waals surface area contributed by atoms with Gasteiger partial charge in [-0.1, -0.05) is 24.3 Å². The van der Waals surface area contributed by atoms with Crippen molar-refractivity contribution in [1.29, 1.82) is 0 Å². The number of hydrogen-bond donors (Lipinski definition) is 1. The number of hydrogen-bond acceptors (Lipinski definition) is 3. The van der Waals surface area contributed by atoms with Crippen LogP contribution < -0.4 is 0 Å². The highest BCUT2D eigenvalue weighted by atomic mass is 16.5. The third-order valence-electron chi connectivity index (χ3n) is 3.42. The Morgan fingerprint density at radius 1 is 1.44 bits per heavy atom. The molecule has 1 unspecified atom stereocenters. The summed E-state index contributed by atoms with van der Waals surface area (Å²) in [5.74, 6) is -0.734. The van der Waals surface area contributed by atoms with Crippen LogP contribution in [0.4, 0.5) is 0 Å². The van der Waals surface area contributed by atoms with E-state index in [0.717, 1.165) is 25.1 Å². The highest BCUT2D eigenvalue weighted by Crippen LogP contribution is 2.23. The number of rotatable bonds is 5. The van der Waals surface area contributed by atoms with Gasteiger partial charge in [0.1, 0.15) is 6.04 Å². The highest BCUT2D eigenvalue weighted by molar-refractivity contribution is 5.74. The fraction of sp³-hybridized carbons (Fsp3) is 0.500. The number of ether oxygens (including phenoxy) is 1. The summed E-state index contributed by atoms with van der Waals surface area (Å²) >= 11 is 0. The van der Waals surface area contributed by atoms with E-state index in [4.69, 9.17) is 4.74 Å². The normalized spacial score (nSPS) is 19.5. The maximum atomic E-state index is 11.3. The van der Waals surface area contributed by atoms with Gasteiger partial charge in [-0.05, 0) is 24.0 Å². The average molecular weight is 249 g/mol. The number of carboxylic acids is 1.